The minimum Gasteiger partial charge on any atom is -0.394 e. The lowest BCUT2D eigenvalue weighted by molar-refractivity contribution is -0.359. The first-order valence-electron chi connectivity index (χ1n) is 14.1. The summed E-state index contributed by atoms with van der Waals surface area (Å²) in [5.74, 6) is 0. The first-order chi connectivity index (χ1) is 17.8. The van der Waals surface area contributed by atoms with E-state index in [-0.39, 0.29) is 0 Å². The van der Waals surface area contributed by atoms with Crippen LogP contribution in [0.4, 0.5) is 0 Å². The fourth-order valence-electron chi connectivity index (χ4n) is 4.84. The van der Waals surface area contributed by atoms with Crippen molar-refractivity contribution in [2.45, 2.75) is 145 Å². The molecule has 11 nitrogen and oxygen atoms in total. The van der Waals surface area contributed by atoms with Gasteiger partial charge in [0.25, 0.3) is 0 Å². The Balaban J connectivity index is 1.68. The van der Waals surface area contributed by atoms with Crippen LogP contribution in [0.3, 0.4) is 0 Å². The molecule has 0 aromatic heterocycles. The Morgan fingerprint density at radius 2 is 1.03 bits per heavy atom. The summed E-state index contributed by atoms with van der Waals surface area (Å²) < 4.78 is 22.1. The van der Waals surface area contributed by atoms with E-state index >= 15 is 0 Å². The zero-order valence-electron chi connectivity index (χ0n) is 22.1. The van der Waals surface area contributed by atoms with Crippen LogP contribution in [0.1, 0.15) is 84.0 Å². The summed E-state index contributed by atoms with van der Waals surface area (Å²) in [6.45, 7) is 1.33. The van der Waals surface area contributed by atoms with Crippen LogP contribution in [-0.2, 0) is 18.9 Å². The Hall–Kier alpha value is -0.440. The number of aliphatic hydroxyl groups excluding tert-OH is 7. The van der Waals surface area contributed by atoms with E-state index in [4.69, 9.17) is 18.9 Å². The van der Waals surface area contributed by atoms with Crippen LogP contribution in [0.25, 0.3) is 0 Å². The Morgan fingerprint density at radius 3 is 1.57 bits per heavy atom. The largest absolute Gasteiger partial charge is 0.394 e. The second-order valence-corrected chi connectivity index (χ2v) is 10.3. The molecule has 0 radical (unpaired) electrons. The lowest BCUT2D eigenvalue weighted by atomic mass is 9.97. The van der Waals surface area contributed by atoms with E-state index in [1.54, 1.807) is 0 Å². The summed E-state index contributed by atoms with van der Waals surface area (Å²) in [7, 11) is 0. The van der Waals surface area contributed by atoms with Crippen molar-refractivity contribution in [2.24, 2.45) is 0 Å². The maximum Gasteiger partial charge on any atom is 0.187 e. The molecule has 2 aliphatic rings. The topological polar surface area (TPSA) is 179 Å². The quantitative estimate of drug-likeness (QED) is 0.120. The summed E-state index contributed by atoms with van der Waals surface area (Å²) in [5.41, 5.74) is 0. The molecule has 2 rings (SSSR count). The zero-order valence-corrected chi connectivity index (χ0v) is 22.1. The molecule has 37 heavy (non-hydrogen) atoms. The molecule has 11 heteroatoms. The number of hydrogen-bond acceptors (Lipinski definition) is 11. The highest BCUT2D eigenvalue weighted by atomic mass is 16.7. The van der Waals surface area contributed by atoms with Crippen LogP contribution in [0.15, 0.2) is 0 Å². The van der Waals surface area contributed by atoms with Crippen LogP contribution in [0.2, 0.25) is 0 Å². The summed E-state index contributed by atoms with van der Waals surface area (Å²) >= 11 is 0. The summed E-state index contributed by atoms with van der Waals surface area (Å²) in [4.78, 5) is 0. The number of hydrogen-bond donors (Lipinski definition) is 7. The van der Waals surface area contributed by atoms with Gasteiger partial charge in [0.15, 0.2) is 12.6 Å². The Morgan fingerprint density at radius 1 is 0.541 bits per heavy atom. The van der Waals surface area contributed by atoms with Gasteiger partial charge in [-0.05, 0) is 6.42 Å². The van der Waals surface area contributed by atoms with Crippen LogP contribution in [0.5, 0.6) is 0 Å². The highest BCUT2D eigenvalue weighted by Crippen LogP contribution is 2.29. The molecule has 0 aromatic rings. The molecule has 2 fully saturated rings. The number of unbranched alkanes of at least 4 members (excludes halogenated alkanes) is 11. The van der Waals surface area contributed by atoms with Crippen LogP contribution in [0, 0.1) is 0 Å². The fourth-order valence-corrected chi connectivity index (χ4v) is 4.84. The molecule has 4 unspecified atom stereocenters. The second-order valence-electron chi connectivity index (χ2n) is 10.3. The monoisotopic (exact) mass is 538 g/mol. The van der Waals surface area contributed by atoms with E-state index < -0.39 is 74.6 Å². The van der Waals surface area contributed by atoms with E-state index in [0.717, 1.165) is 19.3 Å². The van der Waals surface area contributed by atoms with Crippen LogP contribution < -0.4 is 0 Å². The molecule has 0 spiro atoms. The second kappa shape index (κ2) is 18.0. The predicted octanol–water partition coefficient (Wildman–Crippen LogP) is 0.328. The van der Waals surface area contributed by atoms with E-state index in [1.165, 1.54) is 57.8 Å². The Kier molecular flexibility index (Phi) is 16.0. The van der Waals surface area contributed by atoms with Crippen molar-refractivity contribution >= 4 is 0 Å². The van der Waals surface area contributed by atoms with Gasteiger partial charge in [-0.2, -0.15) is 0 Å². The van der Waals surface area contributed by atoms with E-state index in [0.29, 0.717) is 6.61 Å². The minimum absolute atomic E-state index is 0.322. The normalized spacial score (nSPS) is 36.6. The average Bonchev–Trinajstić information content (AvgIpc) is 2.90. The van der Waals surface area contributed by atoms with Crippen molar-refractivity contribution in [1.29, 1.82) is 0 Å². The van der Waals surface area contributed by atoms with Gasteiger partial charge >= 0.3 is 0 Å². The third kappa shape index (κ3) is 10.2. The van der Waals surface area contributed by atoms with Gasteiger partial charge in [0.1, 0.15) is 48.8 Å². The predicted molar refractivity (Wildman–Crippen MR) is 133 cm³/mol. The van der Waals surface area contributed by atoms with E-state index in [1.807, 2.05) is 0 Å². The highest BCUT2D eigenvalue weighted by Gasteiger charge is 2.50. The standard InChI is InChI=1S/C26H50O11/c1-2-3-4-5-6-7-8-9-10-11-12-13-14-34-25-23(33)21(31)24(18(16-28)36-25)37-26-22(32)20(30)19(29)17(15-27)35-26/h17-33H,2-16H2,1H3/t17?,18?,19-,20+,21?,22?,23+,24-,25-,26-/m1/s1. The number of ether oxygens (including phenoxy) is 4. The molecule has 10 atom stereocenters. The fraction of sp³-hybridized carbons (Fsp3) is 1.00. The lowest BCUT2D eigenvalue weighted by Crippen LogP contribution is -2.64. The molecule has 0 aromatic carbocycles. The highest BCUT2D eigenvalue weighted by molar-refractivity contribution is 4.94. The molecular weight excluding hydrogens is 488 g/mol. The molecule has 2 aliphatic heterocycles. The molecule has 2 saturated heterocycles. The Bertz CT molecular complexity index is 579. The van der Waals surface area contributed by atoms with Crippen molar-refractivity contribution in [3.05, 3.63) is 0 Å². The molecule has 0 bridgehead atoms. The van der Waals surface area contributed by atoms with Crippen molar-refractivity contribution in [3.63, 3.8) is 0 Å². The van der Waals surface area contributed by atoms with Crippen molar-refractivity contribution in [2.75, 3.05) is 19.8 Å². The maximum absolute atomic E-state index is 10.6. The molecule has 7 N–H and O–H groups in total. The molecule has 0 aliphatic carbocycles. The zero-order chi connectivity index (χ0) is 27.2. The smallest absolute Gasteiger partial charge is 0.187 e. The van der Waals surface area contributed by atoms with Crippen LogP contribution >= 0.6 is 0 Å². The molecule has 0 saturated carbocycles. The first-order valence-corrected chi connectivity index (χ1v) is 14.1. The van der Waals surface area contributed by atoms with Gasteiger partial charge in [-0.15, -0.1) is 0 Å². The summed E-state index contributed by atoms with van der Waals surface area (Å²) in [5, 5.41) is 70.3. The van der Waals surface area contributed by atoms with Gasteiger partial charge in [0.05, 0.1) is 13.2 Å². The van der Waals surface area contributed by atoms with Crippen molar-refractivity contribution in [3.8, 4) is 0 Å². The van der Waals surface area contributed by atoms with Gasteiger partial charge in [0.2, 0.25) is 0 Å². The third-order valence-electron chi connectivity index (χ3n) is 7.24. The van der Waals surface area contributed by atoms with Gasteiger partial charge in [-0.25, -0.2) is 0 Å². The van der Waals surface area contributed by atoms with Gasteiger partial charge in [0, 0.05) is 6.61 Å². The van der Waals surface area contributed by atoms with Gasteiger partial charge < -0.3 is 54.7 Å². The first kappa shape index (κ1) is 32.8. The van der Waals surface area contributed by atoms with Crippen molar-refractivity contribution < 1.29 is 54.7 Å². The molecule has 2 heterocycles. The lowest BCUT2D eigenvalue weighted by Gasteiger charge is -2.45. The SMILES string of the molecule is CCCCCCCCCCCCCCO[C@@H]1OC(CO)[C@@H](O[C@H]2OC(CO)[C@@H](O)[C@H](O)C2O)C(O)[C@@H]1O. The van der Waals surface area contributed by atoms with Crippen LogP contribution in [-0.4, -0.2) is 117 Å². The average molecular weight is 539 g/mol. The van der Waals surface area contributed by atoms with Gasteiger partial charge in [-0.1, -0.05) is 77.6 Å². The molecule has 0 amide bonds. The van der Waals surface area contributed by atoms with Crippen molar-refractivity contribution in [1.82, 2.24) is 0 Å². The van der Waals surface area contributed by atoms with E-state index in [9.17, 15) is 35.7 Å². The number of rotatable bonds is 18. The Labute approximate surface area is 220 Å². The summed E-state index contributed by atoms with van der Waals surface area (Å²) in [6, 6.07) is 0. The minimum atomic E-state index is -1.69. The third-order valence-corrected chi connectivity index (χ3v) is 7.24. The van der Waals surface area contributed by atoms with Gasteiger partial charge in [-0.3, -0.25) is 0 Å². The van der Waals surface area contributed by atoms with E-state index in [2.05, 4.69) is 6.92 Å². The maximum atomic E-state index is 10.6. The molecular formula is C26H50O11. The summed E-state index contributed by atoms with van der Waals surface area (Å²) in [6.07, 6.45) is 0.153. The number of aliphatic hydroxyl groups is 7. The molecule has 220 valence electrons.